The second-order valence-electron chi connectivity index (χ2n) is 6.77. The van der Waals surface area contributed by atoms with Gasteiger partial charge in [-0.25, -0.2) is 0 Å². The Kier molecular flexibility index (Phi) is 5.59. The summed E-state index contributed by atoms with van der Waals surface area (Å²) in [6, 6.07) is 11.8. The van der Waals surface area contributed by atoms with Crippen molar-refractivity contribution < 1.29 is 27.1 Å². The summed E-state index contributed by atoms with van der Waals surface area (Å²) in [5, 5.41) is 2.67. The maximum Gasteiger partial charge on any atom is 0.461 e. The van der Waals surface area contributed by atoms with Crippen molar-refractivity contribution in [2.45, 2.75) is 38.7 Å². The molecule has 2 aromatic rings. The molecule has 2 aromatic carbocycles. The predicted octanol–water partition coefficient (Wildman–Crippen LogP) is 5.47. The number of alkyl halides is 4. The molecule has 0 fully saturated rings. The van der Waals surface area contributed by atoms with Crippen LogP contribution in [0.3, 0.4) is 0 Å². The van der Waals surface area contributed by atoms with Crippen molar-refractivity contribution in [2.24, 2.45) is 0 Å². The van der Waals surface area contributed by atoms with E-state index in [1.54, 1.807) is 12.1 Å². The van der Waals surface area contributed by atoms with E-state index in [1.165, 1.54) is 12.1 Å². The minimum absolute atomic E-state index is 0.0152. The van der Waals surface area contributed by atoms with Crippen molar-refractivity contribution in [1.82, 2.24) is 0 Å². The Morgan fingerprint density at radius 2 is 1.50 bits per heavy atom. The molecule has 0 atom stereocenters. The molecular formula is C19H19F4NO2. The number of carbonyl (C=O) groups excluding carboxylic acids is 1. The fraction of sp³-hybridized carbons (Fsp3) is 0.316. The van der Waals surface area contributed by atoms with Gasteiger partial charge < -0.3 is 10.1 Å². The summed E-state index contributed by atoms with van der Waals surface area (Å²) in [4.78, 5) is 12.2. The lowest BCUT2D eigenvalue weighted by Gasteiger charge is -2.19. The molecule has 2 rings (SSSR count). The molecule has 0 aliphatic heterocycles. The van der Waals surface area contributed by atoms with Gasteiger partial charge in [-0.2, -0.15) is 17.6 Å². The average molecular weight is 369 g/mol. The molecule has 1 amide bonds. The summed E-state index contributed by atoms with van der Waals surface area (Å²) in [7, 11) is 0. The van der Waals surface area contributed by atoms with Crippen LogP contribution in [0.1, 0.15) is 36.7 Å². The van der Waals surface area contributed by atoms with Gasteiger partial charge in [0.15, 0.2) is 0 Å². The van der Waals surface area contributed by atoms with E-state index < -0.39 is 24.2 Å². The van der Waals surface area contributed by atoms with Gasteiger partial charge in [-0.05, 0) is 47.4 Å². The number of halogens is 4. The molecule has 1 N–H and O–H groups in total. The van der Waals surface area contributed by atoms with E-state index in [1.807, 2.05) is 12.1 Å². The van der Waals surface area contributed by atoms with Crippen LogP contribution >= 0.6 is 0 Å². The van der Waals surface area contributed by atoms with Gasteiger partial charge in [0, 0.05) is 11.3 Å². The Morgan fingerprint density at radius 3 is 1.96 bits per heavy atom. The summed E-state index contributed by atoms with van der Waals surface area (Å²) in [5.74, 6) is -0.915. The lowest BCUT2D eigenvalue weighted by molar-refractivity contribution is -0.253. The van der Waals surface area contributed by atoms with Crippen molar-refractivity contribution in [3.8, 4) is 5.75 Å². The molecule has 0 radical (unpaired) electrons. The smallest absolute Gasteiger partial charge is 0.428 e. The number of hydrogen-bond acceptors (Lipinski definition) is 2. The van der Waals surface area contributed by atoms with Crippen LogP contribution in [-0.4, -0.2) is 18.4 Å². The lowest BCUT2D eigenvalue weighted by Crippen LogP contribution is -2.33. The standard InChI is InChI=1S/C19H19F4NO2/c1-18(2,3)13-6-8-14(9-7-13)24-16(25)12-4-10-15(11-5-12)26-19(22,23)17(20)21/h4-11,17H,1-3H3,(H,24,25). The first kappa shape index (κ1) is 19.8. The first-order valence-electron chi connectivity index (χ1n) is 7.86. The second kappa shape index (κ2) is 7.35. The van der Waals surface area contributed by atoms with E-state index in [0.717, 1.165) is 17.7 Å². The van der Waals surface area contributed by atoms with E-state index in [-0.39, 0.29) is 11.0 Å². The third-order valence-corrected chi connectivity index (χ3v) is 3.63. The summed E-state index contributed by atoms with van der Waals surface area (Å²) in [6.07, 6.45) is -8.53. The third-order valence-electron chi connectivity index (χ3n) is 3.63. The van der Waals surface area contributed by atoms with Crippen molar-refractivity contribution in [3.05, 3.63) is 59.7 Å². The summed E-state index contributed by atoms with van der Waals surface area (Å²) in [6.45, 7) is 6.21. The highest BCUT2D eigenvalue weighted by Crippen LogP contribution is 2.28. The molecule has 0 bridgehead atoms. The van der Waals surface area contributed by atoms with Crippen LogP contribution in [-0.2, 0) is 5.41 Å². The molecular weight excluding hydrogens is 350 g/mol. The molecule has 26 heavy (non-hydrogen) atoms. The first-order chi connectivity index (χ1) is 12.0. The molecule has 3 nitrogen and oxygen atoms in total. The van der Waals surface area contributed by atoms with Crippen LogP contribution in [0.4, 0.5) is 23.2 Å². The van der Waals surface area contributed by atoms with E-state index in [2.05, 4.69) is 30.8 Å². The van der Waals surface area contributed by atoms with Gasteiger partial charge in [0.1, 0.15) is 5.75 Å². The minimum atomic E-state index is -4.58. The van der Waals surface area contributed by atoms with Crippen LogP contribution < -0.4 is 10.1 Å². The highest BCUT2D eigenvalue weighted by Gasteiger charge is 2.43. The van der Waals surface area contributed by atoms with Gasteiger partial charge in [0.25, 0.3) is 5.91 Å². The average Bonchev–Trinajstić information content (AvgIpc) is 2.54. The molecule has 0 spiro atoms. The van der Waals surface area contributed by atoms with Crippen LogP contribution in [0.15, 0.2) is 48.5 Å². The molecule has 7 heteroatoms. The number of hydrogen-bond donors (Lipinski definition) is 1. The summed E-state index contributed by atoms with van der Waals surface area (Å²) in [5.41, 5.74) is 1.85. The van der Waals surface area contributed by atoms with Crippen LogP contribution in [0, 0.1) is 0 Å². The SMILES string of the molecule is CC(C)(C)c1ccc(NC(=O)c2ccc(OC(F)(F)C(F)F)cc2)cc1. The number of benzene rings is 2. The fourth-order valence-corrected chi connectivity index (χ4v) is 2.13. The highest BCUT2D eigenvalue weighted by atomic mass is 19.3. The fourth-order valence-electron chi connectivity index (χ4n) is 2.13. The van der Waals surface area contributed by atoms with Gasteiger partial charge in [0.05, 0.1) is 0 Å². The number of anilines is 1. The number of nitrogens with one attached hydrogen (secondary N) is 1. The lowest BCUT2D eigenvalue weighted by atomic mass is 9.87. The van der Waals surface area contributed by atoms with Crippen molar-refractivity contribution in [3.63, 3.8) is 0 Å². The summed E-state index contributed by atoms with van der Waals surface area (Å²) < 4.78 is 53.9. The number of amides is 1. The normalized spacial score (nSPS) is 12.2. The topological polar surface area (TPSA) is 38.3 Å². The zero-order valence-corrected chi connectivity index (χ0v) is 14.5. The van der Waals surface area contributed by atoms with Crippen molar-refractivity contribution in [2.75, 3.05) is 5.32 Å². The Balaban J connectivity index is 2.04. The number of carbonyl (C=O) groups is 1. The maximum absolute atomic E-state index is 12.8. The summed E-state index contributed by atoms with van der Waals surface area (Å²) >= 11 is 0. The Bertz CT molecular complexity index is 751. The molecule has 140 valence electrons. The van der Waals surface area contributed by atoms with Gasteiger partial charge in [-0.1, -0.05) is 32.9 Å². The van der Waals surface area contributed by atoms with Crippen LogP contribution in [0.2, 0.25) is 0 Å². The largest absolute Gasteiger partial charge is 0.461 e. The number of rotatable bonds is 5. The molecule has 0 heterocycles. The zero-order chi connectivity index (χ0) is 19.5. The van der Waals surface area contributed by atoms with E-state index in [4.69, 9.17) is 0 Å². The van der Waals surface area contributed by atoms with Crippen molar-refractivity contribution in [1.29, 1.82) is 0 Å². The predicted molar refractivity (Wildman–Crippen MR) is 91.1 cm³/mol. The molecule has 0 aromatic heterocycles. The van der Waals surface area contributed by atoms with Crippen LogP contribution in [0.25, 0.3) is 0 Å². The van der Waals surface area contributed by atoms with E-state index >= 15 is 0 Å². The zero-order valence-electron chi connectivity index (χ0n) is 14.5. The monoisotopic (exact) mass is 369 g/mol. The molecule has 0 aliphatic rings. The Morgan fingerprint density at radius 1 is 0.962 bits per heavy atom. The molecule has 0 aliphatic carbocycles. The van der Waals surface area contributed by atoms with Gasteiger partial charge in [0.2, 0.25) is 0 Å². The highest BCUT2D eigenvalue weighted by molar-refractivity contribution is 6.04. The van der Waals surface area contributed by atoms with Gasteiger partial charge in [-0.3, -0.25) is 4.79 Å². The Labute approximate surface area is 149 Å². The van der Waals surface area contributed by atoms with Crippen molar-refractivity contribution >= 4 is 11.6 Å². The third kappa shape index (κ3) is 4.97. The van der Waals surface area contributed by atoms with E-state index in [9.17, 15) is 22.4 Å². The first-order valence-corrected chi connectivity index (χ1v) is 7.86. The van der Waals surface area contributed by atoms with Gasteiger partial charge in [-0.15, -0.1) is 0 Å². The number of ether oxygens (including phenoxy) is 1. The Hall–Kier alpha value is -2.57. The quantitative estimate of drug-likeness (QED) is 0.710. The molecule has 0 unspecified atom stereocenters. The minimum Gasteiger partial charge on any atom is -0.428 e. The second-order valence-corrected chi connectivity index (χ2v) is 6.77. The van der Waals surface area contributed by atoms with E-state index in [0.29, 0.717) is 5.69 Å². The van der Waals surface area contributed by atoms with Crippen LogP contribution in [0.5, 0.6) is 5.75 Å². The maximum atomic E-state index is 12.8. The van der Waals surface area contributed by atoms with Gasteiger partial charge >= 0.3 is 12.5 Å². The molecule has 0 saturated heterocycles. The molecule has 0 saturated carbocycles.